The van der Waals surface area contributed by atoms with Gasteiger partial charge < -0.3 is 0 Å². The van der Waals surface area contributed by atoms with Gasteiger partial charge in [0.15, 0.2) is 5.82 Å². The monoisotopic (exact) mass is 762 g/mol. The molecule has 280 valence electrons. The topological polar surface area (TPSA) is 25.8 Å². The molecule has 1 aliphatic rings. The summed E-state index contributed by atoms with van der Waals surface area (Å²) in [6, 6.07) is 77.1. The zero-order valence-electron chi connectivity index (χ0n) is 33.1. The van der Waals surface area contributed by atoms with Gasteiger partial charge in [0.2, 0.25) is 0 Å². The molecule has 0 bridgehead atoms. The average molecular weight is 763 g/mol. The summed E-state index contributed by atoms with van der Waals surface area (Å²) in [5.74, 6) is 0.706. The molecule has 0 saturated heterocycles. The summed E-state index contributed by atoms with van der Waals surface area (Å²) in [5.41, 5.74) is 13.4. The number of nitrogens with zero attached hydrogens (tertiary/aromatic N) is 2. The van der Waals surface area contributed by atoms with Crippen molar-refractivity contribution in [3.8, 4) is 56.2 Å². The molecule has 1 aliphatic carbocycles. The molecule has 2 heteroatoms. The fourth-order valence-corrected chi connectivity index (χ4v) is 10.2. The van der Waals surface area contributed by atoms with Crippen molar-refractivity contribution >= 4 is 43.1 Å². The second kappa shape index (κ2) is 13.4. The van der Waals surface area contributed by atoms with Crippen molar-refractivity contribution < 1.29 is 0 Å². The lowest BCUT2D eigenvalue weighted by atomic mass is 9.72. The van der Waals surface area contributed by atoms with Crippen molar-refractivity contribution in [2.24, 2.45) is 0 Å². The molecule has 1 unspecified atom stereocenters. The minimum atomic E-state index is -0.386. The molecule has 0 saturated carbocycles. The van der Waals surface area contributed by atoms with Crippen LogP contribution in [-0.4, -0.2) is 9.97 Å². The lowest BCUT2D eigenvalue weighted by molar-refractivity contribution is 0.715. The molecule has 0 fully saturated rings. The predicted octanol–water partition coefficient (Wildman–Crippen LogP) is 15.1. The molecular weight excluding hydrogens is 725 g/mol. The highest BCUT2D eigenvalue weighted by atomic mass is 14.9. The summed E-state index contributed by atoms with van der Waals surface area (Å²) in [5, 5.41) is 9.85. The standard InChI is InChI=1S/C58H38N2/c1-58(40-21-6-3-7-22-40)52-30-15-14-27-45(52)49-28-16-29-50(56(49)58)54-36-53(59-57(60-54)38-18-4-2-5-19-38)46-33-34-47(44-26-13-12-25-43(44)46)55-42-24-11-9-20-39(42)35-51-41-23-10-8-17-37(41)31-32-48(51)55/h2-36H,1H3. The summed E-state index contributed by atoms with van der Waals surface area (Å²) in [6.45, 7) is 2.38. The smallest absolute Gasteiger partial charge is 0.160 e. The summed E-state index contributed by atoms with van der Waals surface area (Å²) >= 11 is 0. The molecule has 1 aromatic heterocycles. The third-order valence-corrected chi connectivity index (χ3v) is 12.9. The lowest BCUT2D eigenvalue weighted by Crippen LogP contribution is -2.23. The summed E-state index contributed by atoms with van der Waals surface area (Å²) < 4.78 is 0. The Morgan fingerprint density at radius 2 is 0.933 bits per heavy atom. The van der Waals surface area contributed by atoms with Gasteiger partial charge in [-0.25, -0.2) is 9.97 Å². The number of fused-ring (bicyclic) bond motifs is 8. The summed E-state index contributed by atoms with van der Waals surface area (Å²) in [7, 11) is 0. The molecule has 60 heavy (non-hydrogen) atoms. The molecule has 2 nitrogen and oxygen atoms in total. The van der Waals surface area contributed by atoms with Crippen LogP contribution in [0.1, 0.15) is 23.6 Å². The van der Waals surface area contributed by atoms with Crippen LogP contribution >= 0.6 is 0 Å². The van der Waals surface area contributed by atoms with E-state index in [2.05, 4.69) is 213 Å². The van der Waals surface area contributed by atoms with E-state index in [-0.39, 0.29) is 5.41 Å². The van der Waals surface area contributed by atoms with Crippen molar-refractivity contribution in [1.82, 2.24) is 9.97 Å². The van der Waals surface area contributed by atoms with Crippen molar-refractivity contribution in [3.05, 3.63) is 229 Å². The van der Waals surface area contributed by atoms with Crippen LogP contribution in [0.15, 0.2) is 212 Å². The molecule has 0 spiro atoms. The Kier molecular flexibility index (Phi) is 7.70. The molecule has 1 heterocycles. The first-order valence-electron chi connectivity index (χ1n) is 20.7. The van der Waals surface area contributed by atoms with E-state index < -0.39 is 0 Å². The van der Waals surface area contributed by atoms with Gasteiger partial charge >= 0.3 is 0 Å². The third kappa shape index (κ3) is 5.14. The van der Waals surface area contributed by atoms with Crippen molar-refractivity contribution in [2.45, 2.75) is 12.3 Å². The highest BCUT2D eigenvalue weighted by Crippen LogP contribution is 2.55. The highest BCUT2D eigenvalue weighted by Gasteiger charge is 2.42. The zero-order chi connectivity index (χ0) is 39.8. The first-order valence-corrected chi connectivity index (χ1v) is 20.7. The number of rotatable bonds is 5. The van der Waals surface area contributed by atoms with Gasteiger partial charge in [-0.1, -0.05) is 200 Å². The molecule has 0 N–H and O–H groups in total. The third-order valence-electron chi connectivity index (χ3n) is 12.9. The van der Waals surface area contributed by atoms with E-state index in [1.807, 2.05) is 6.07 Å². The Morgan fingerprint density at radius 3 is 1.73 bits per heavy atom. The van der Waals surface area contributed by atoms with Crippen LogP contribution < -0.4 is 0 Å². The Hall–Kier alpha value is -7.68. The Balaban J connectivity index is 1.12. The maximum atomic E-state index is 5.43. The van der Waals surface area contributed by atoms with Gasteiger partial charge in [-0.15, -0.1) is 0 Å². The van der Waals surface area contributed by atoms with E-state index in [0.29, 0.717) is 5.82 Å². The van der Waals surface area contributed by atoms with Crippen molar-refractivity contribution in [2.75, 3.05) is 0 Å². The SMILES string of the molecule is CC1(c2ccccc2)c2ccccc2-c2cccc(-c3cc(-c4ccc(-c5c6ccccc6cc6c5ccc5ccccc56)c5ccccc45)nc(-c4ccccc4)n3)c21. The van der Waals surface area contributed by atoms with Crippen LogP contribution in [0.3, 0.4) is 0 Å². The Labute approximate surface area is 349 Å². The van der Waals surface area contributed by atoms with Gasteiger partial charge in [0.05, 0.1) is 11.4 Å². The maximum Gasteiger partial charge on any atom is 0.160 e. The summed E-state index contributed by atoms with van der Waals surface area (Å²) in [4.78, 5) is 10.8. The van der Waals surface area contributed by atoms with Crippen LogP contribution in [0.2, 0.25) is 0 Å². The van der Waals surface area contributed by atoms with E-state index >= 15 is 0 Å². The van der Waals surface area contributed by atoms with Crippen molar-refractivity contribution in [3.63, 3.8) is 0 Å². The van der Waals surface area contributed by atoms with Crippen LogP contribution in [-0.2, 0) is 5.41 Å². The van der Waals surface area contributed by atoms with E-state index in [1.165, 1.54) is 76.6 Å². The van der Waals surface area contributed by atoms with E-state index in [0.717, 1.165) is 33.5 Å². The van der Waals surface area contributed by atoms with Gasteiger partial charge in [-0.3, -0.25) is 0 Å². The fourth-order valence-electron chi connectivity index (χ4n) is 10.2. The van der Waals surface area contributed by atoms with Crippen LogP contribution in [0, 0.1) is 0 Å². The van der Waals surface area contributed by atoms with E-state index in [4.69, 9.17) is 9.97 Å². The first kappa shape index (κ1) is 34.4. The maximum absolute atomic E-state index is 5.43. The number of hydrogen-bond donors (Lipinski definition) is 0. The first-order chi connectivity index (χ1) is 29.6. The van der Waals surface area contributed by atoms with Gasteiger partial charge in [-0.05, 0) is 101 Å². The molecule has 0 aliphatic heterocycles. The minimum absolute atomic E-state index is 0.386. The molecule has 0 amide bonds. The molecule has 0 radical (unpaired) electrons. The second-order valence-electron chi connectivity index (χ2n) is 16.2. The second-order valence-corrected chi connectivity index (χ2v) is 16.2. The largest absolute Gasteiger partial charge is 0.228 e. The van der Waals surface area contributed by atoms with Gasteiger partial charge in [0.25, 0.3) is 0 Å². The highest BCUT2D eigenvalue weighted by molar-refractivity contribution is 6.23. The van der Waals surface area contributed by atoms with Crippen LogP contribution in [0.5, 0.6) is 0 Å². The van der Waals surface area contributed by atoms with Crippen molar-refractivity contribution in [1.29, 1.82) is 0 Å². The molecular formula is C58H38N2. The number of hydrogen-bond acceptors (Lipinski definition) is 2. The molecule has 1 atom stereocenters. The van der Waals surface area contributed by atoms with Crippen LogP contribution in [0.25, 0.3) is 99.2 Å². The lowest BCUT2D eigenvalue weighted by Gasteiger charge is -2.30. The minimum Gasteiger partial charge on any atom is -0.228 e. The number of benzene rings is 10. The van der Waals surface area contributed by atoms with Gasteiger partial charge in [-0.2, -0.15) is 0 Å². The Bertz CT molecular complexity index is 3500. The number of aromatic nitrogens is 2. The average Bonchev–Trinajstić information content (AvgIpc) is 3.59. The predicted molar refractivity (Wildman–Crippen MR) is 251 cm³/mol. The normalized spacial score (nSPS) is 14.5. The Morgan fingerprint density at radius 1 is 0.350 bits per heavy atom. The fraction of sp³-hybridized carbons (Fsp3) is 0.0345. The zero-order valence-corrected chi connectivity index (χ0v) is 33.1. The quantitative estimate of drug-likeness (QED) is 0.129. The van der Waals surface area contributed by atoms with Gasteiger partial charge in [0.1, 0.15) is 0 Å². The van der Waals surface area contributed by atoms with E-state index in [9.17, 15) is 0 Å². The van der Waals surface area contributed by atoms with Crippen LogP contribution in [0.4, 0.5) is 0 Å². The summed E-state index contributed by atoms with van der Waals surface area (Å²) in [6.07, 6.45) is 0. The van der Waals surface area contributed by atoms with E-state index in [1.54, 1.807) is 0 Å². The van der Waals surface area contributed by atoms with Gasteiger partial charge in [0, 0.05) is 22.1 Å². The molecule has 11 aromatic rings. The molecule has 12 rings (SSSR count). The molecule has 10 aromatic carbocycles.